The fourth-order valence-electron chi connectivity index (χ4n) is 3.09. The Morgan fingerprint density at radius 3 is 2.81 bits per heavy atom. The van der Waals surface area contributed by atoms with Crippen molar-refractivity contribution in [2.24, 2.45) is 0 Å². The molecule has 1 aromatic carbocycles. The topological polar surface area (TPSA) is 90.6 Å². The molecule has 1 aliphatic rings. The number of aromatic nitrogens is 2. The molecule has 0 unspecified atom stereocenters. The normalized spacial score (nSPS) is 13.4. The largest absolute Gasteiger partial charge is 0.467 e. The summed E-state index contributed by atoms with van der Waals surface area (Å²) in [6.07, 6.45) is 1.61. The van der Waals surface area contributed by atoms with E-state index >= 15 is 0 Å². The van der Waals surface area contributed by atoms with E-state index in [1.165, 1.54) is 0 Å². The maximum atomic E-state index is 12.4. The number of carbonyl (C=O) groups excluding carboxylic acids is 1. The minimum absolute atomic E-state index is 0.193. The summed E-state index contributed by atoms with van der Waals surface area (Å²) in [4.78, 5) is 12.4. The van der Waals surface area contributed by atoms with Gasteiger partial charge in [-0.15, -0.1) is 0 Å². The van der Waals surface area contributed by atoms with Crippen molar-refractivity contribution >= 4 is 11.7 Å². The zero-order chi connectivity index (χ0) is 18.8. The van der Waals surface area contributed by atoms with Crippen molar-refractivity contribution in [2.45, 2.75) is 19.9 Å². The number of hydrogen-bond acceptors (Lipinski definition) is 5. The van der Waals surface area contributed by atoms with Gasteiger partial charge >= 0.3 is 6.03 Å². The molecule has 0 saturated carbocycles. The van der Waals surface area contributed by atoms with Gasteiger partial charge in [-0.25, -0.2) is 4.79 Å². The summed E-state index contributed by atoms with van der Waals surface area (Å²) in [7, 11) is 0. The molecule has 1 atom stereocenters. The summed E-state index contributed by atoms with van der Waals surface area (Å²) in [6, 6.07) is 10.4. The molecule has 2 N–H and O–H groups in total. The van der Waals surface area contributed by atoms with Gasteiger partial charge in [-0.1, -0.05) is 0 Å². The van der Waals surface area contributed by atoms with E-state index in [-0.39, 0.29) is 18.9 Å². The predicted octanol–water partition coefficient (Wildman–Crippen LogP) is 3.23. The van der Waals surface area contributed by atoms with Crippen molar-refractivity contribution in [1.29, 1.82) is 0 Å². The molecule has 0 spiro atoms. The van der Waals surface area contributed by atoms with Gasteiger partial charge in [0, 0.05) is 24.0 Å². The fourth-order valence-corrected chi connectivity index (χ4v) is 3.09. The van der Waals surface area contributed by atoms with E-state index in [2.05, 4.69) is 15.7 Å². The van der Waals surface area contributed by atoms with Gasteiger partial charge in [0.05, 0.1) is 12.0 Å². The van der Waals surface area contributed by atoms with Crippen LogP contribution in [0.3, 0.4) is 0 Å². The predicted molar refractivity (Wildman–Crippen MR) is 98.1 cm³/mol. The van der Waals surface area contributed by atoms with E-state index in [4.69, 9.17) is 13.9 Å². The molecule has 4 rings (SSSR count). The molecule has 27 heavy (non-hydrogen) atoms. The van der Waals surface area contributed by atoms with Crippen molar-refractivity contribution in [3.63, 3.8) is 0 Å². The first-order chi connectivity index (χ1) is 13.1. The Balaban J connectivity index is 1.44. The summed E-state index contributed by atoms with van der Waals surface area (Å²) < 4.78 is 18.0. The number of hydrogen-bond donors (Lipinski definition) is 2. The molecule has 3 aromatic rings. The highest BCUT2D eigenvalue weighted by Gasteiger charge is 2.21. The molecule has 0 fully saturated rings. The molecule has 3 heterocycles. The van der Waals surface area contributed by atoms with Crippen molar-refractivity contribution in [2.75, 3.05) is 18.7 Å². The van der Waals surface area contributed by atoms with Crippen molar-refractivity contribution < 1.29 is 18.7 Å². The number of urea groups is 1. The van der Waals surface area contributed by atoms with Crippen LogP contribution < -0.4 is 20.1 Å². The molecule has 0 aliphatic carbocycles. The lowest BCUT2D eigenvalue weighted by atomic mass is 10.2. The van der Waals surface area contributed by atoms with E-state index in [9.17, 15) is 4.79 Å². The van der Waals surface area contributed by atoms with Crippen LogP contribution in [0.5, 0.6) is 11.5 Å². The third-order valence-corrected chi connectivity index (χ3v) is 4.30. The number of nitrogens with one attached hydrogen (secondary N) is 2. The van der Waals surface area contributed by atoms with Crippen LogP contribution in [-0.2, 0) is 0 Å². The van der Waals surface area contributed by atoms with Crippen LogP contribution in [0.25, 0.3) is 0 Å². The van der Waals surface area contributed by atoms with Gasteiger partial charge in [0.2, 0.25) is 6.79 Å². The Morgan fingerprint density at radius 2 is 2.07 bits per heavy atom. The fraction of sp³-hybridized carbons (Fsp3) is 0.263. The molecule has 8 heteroatoms. The van der Waals surface area contributed by atoms with Gasteiger partial charge in [-0.3, -0.25) is 4.68 Å². The number of nitrogens with zero attached hydrogens (tertiary/aromatic N) is 2. The smallest absolute Gasteiger partial charge is 0.319 e. The number of anilines is 1. The highest BCUT2D eigenvalue weighted by atomic mass is 16.7. The summed E-state index contributed by atoms with van der Waals surface area (Å²) in [6.45, 7) is 4.43. The van der Waals surface area contributed by atoms with Gasteiger partial charge in [-0.05, 0) is 44.2 Å². The van der Waals surface area contributed by atoms with Crippen LogP contribution >= 0.6 is 0 Å². The van der Waals surface area contributed by atoms with Gasteiger partial charge in [0.25, 0.3) is 0 Å². The SMILES string of the molecule is Cc1cc(C)n([C@H](CNC(=O)Nc2ccc3c(c2)OCO3)c2ccco2)n1. The van der Waals surface area contributed by atoms with Gasteiger partial charge < -0.3 is 24.5 Å². The molecule has 0 bridgehead atoms. The second kappa shape index (κ2) is 7.06. The first-order valence-electron chi connectivity index (χ1n) is 8.61. The molecule has 0 radical (unpaired) electrons. The summed E-state index contributed by atoms with van der Waals surface area (Å²) in [5, 5.41) is 10.2. The quantitative estimate of drug-likeness (QED) is 0.722. The lowest BCUT2D eigenvalue weighted by Crippen LogP contribution is -2.35. The van der Waals surface area contributed by atoms with E-state index in [0.29, 0.717) is 23.7 Å². The average Bonchev–Trinajstić information content (AvgIpc) is 3.37. The van der Waals surface area contributed by atoms with E-state index < -0.39 is 0 Å². The number of ether oxygens (including phenoxy) is 2. The minimum atomic E-state index is -0.327. The number of amides is 2. The van der Waals surface area contributed by atoms with Gasteiger partial charge in [-0.2, -0.15) is 5.10 Å². The third-order valence-electron chi connectivity index (χ3n) is 4.30. The molecular formula is C19H20N4O4. The Morgan fingerprint density at radius 1 is 1.22 bits per heavy atom. The van der Waals surface area contributed by atoms with Crippen LogP contribution in [0, 0.1) is 13.8 Å². The maximum absolute atomic E-state index is 12.4. The van der Waals surface area contributed by atoms with Crippen molar-refractivity contribution in [3.05, 3.63) is 59.8 Å². The van der Waals surface area contributed by atoms with E-state index in [0.717, 1.165) is 17.1 Å². The summed E-state index contributed by atoms with van der Waals surface area (Å²) in [5.74, 6) is 2.01. The standard InChI is InChI=1S/C19H20N4O4/c1-12-8-13(2)23(22-12)15(16-4-3-7-25-16)10-20-19(24)21-14-5-6-17-18(9-14)27-11-26-17/h3-9,15H,10-11H2,1-2H3,(H2,20,21,24)/t15-/m1/s1. The molecule has 2 aromatic heterocycles. The average molecular weight is 368 g/mol. The van der Waals surface area contributed by atoms with Crippen LogP contribution in [0.2, 0.25) is 0 Å². The monoisotopic (exact) mass is 368 g/mol. The Bertz CT molecular complexity index is 949. The first-order valence-corrected chi connectivity index (χ1v) is 8.61. The van der Waals surface area contributed by atoms with Gasteiger partial charge in [0.1, 0.15) is 11.8 Å². The molecular weight excluding hydrogens is 348 g/mol. The number of rotatable bonds is 5. The first kappa shape index (κ1) is 17.0. The van der Waals surface area contributed by atoms with Crippen molar-refractivity contribution in [3.8, 4) is 11.5 Å². The molecule has 140 valence electrons. The van der Waals surface area contributed by atoms with E-state index in [1.807, 2.05) is 36.7 Å². The summed E-state index contributed by atoms with van der Waals surface area (Å²) in [5.41, 5.74) is 2.53. The number of aryl methyl sites for hydroxylation is 2. The van der Waals surface area contributed by atoms with Crippen LogP contribution in [0.15, 0.2) is 47.1 Å². The number of furan rings is 1. The van der Waals surface area contributed by atoms with Crippen LogP contribution in [0.1, 0.15) is 23.2 Å². The second-order valence-corrected chi connectivity index (χ2v) is 6.31. The van der Waals surface area contributed by atoms with E-state index in [1.54, 1.807) is 24.5 Å². The Kier molecular flexibility index (Phi) is 4.45. The van der Waals surface area contributed by atoms with Crippen molar-refractivity contribution in [1.82, 2.24) is 15.1 Å². The molecule has 0 saturated heterocycles. The number of carbonyl (C=O) groups is 1. The highest BCUT2D eigenvalue weighted by Crippen LogP contribution is 2.34. The summed E-state index contributed by atoms with van der Waals surface area (Å²) >= 11 is 0. The van der Waals surface area contributed by atoms with Crippen LogP contribution in [-0.4, -0.2) is 29.1 Å². The highest BCUT2D eigenvalue weighted by molar-refractivity contribution is 5.89. The Hall–Kier alpha value is -3.42. The second-order valence-electron chi connectivity index (χ2n) is 6.31. The van der Waals surface area contributed by atoms with Crippen LogP contribution in [0.4, 0.5) is 10.5 Å². The number of benzene rings is 1. The lowest BCUT2D eigenvalue weighted by molar-refractivity contribution is 0.174. The Labute approximate surface area is 156 Å². The number of fused-ring (bicyclic) bond motifs is 1. The van der Waals surface area contributed by atoms with Gasteiger partial charge in [0.15, 0.2) is 11.5 Å². The molecule has 8 nitrogen and oxygen atoms in total. The lowest BCUT2D eigenvalue weighted by Gasteiger charge is -2.18. The minimum Gasteiger partial charge on any atom is -0.467 e. The zero-order valence-corrected chi connectivity index (χ0v) is 15.1. The molecule has 2 amide bonds. The zero-order valence-electron chi connectivity index (χ0n) is 15.1. The molecule has 1 aliphatic heterocycles. The third kappa shape index (κ3) is 3.59. The maximum Gasteiger partial charge on any atom is 0.319 e.